The summed E-state index contributed by atoms with van der Waals surface area (Å²) < 4.78 is 4.92. The average molecular weight is 188 g/mol. The summed E-state index contributed by atoms with van der Waals surface area (Å²) in [5, 5.41) is 8.62. The van der Waals surface area contributed by atoms with Crippen LogP contribution in [-0.2, 0) is 14.3 Å². The number of carbonyl (C=O) groups is 2. The third-order valence-corrected chi connectivity index (χ3v) is 1.83. The number of aliphatic carboxylic acids is 1. The van der Waals surface area contributed by atoms with Crippen LogP contribution >= 0.6 is 0 Å². The summed E-state index contributed by atoms with van der Waals surface area (Å²) in [4.78, 5) is 21.1. The summed E-state index contributed by atoms with van der Waals surface area (Å²) in [6, 6.07) is 0. The summed E-state index contributed by atoms with van der Waals surface area (Å²) in [7, 11) is 0. The van der Waals surface area contributed by atoms with Crippen LogP contribution in [0, 0.1) is 5.92 Å². The molecule has 0 amide bonds. The number of hydrogen-bond donors (Lipinski definition) is 1. The van der Waals surface area contributed by atoms with Crippen molar-refractivity contribution >= 4 is 11.9 Å². The highest BCUT2D eigenvalue weighted by atomic mass is 16.5. The molecule has 0 saturated carbocycles. The number of hydrogen-bond acceptors (Lipinski definition) is 3. The van der Waals surface area contributed by atoms with Gasteiger partial charge >= 0.3 is 11.9 Å². The summed E-state index contributed by atoms with van der Waals surface area (Å²) in [5.41, 5.74) is 0. The van der Waals surface area contributed by atoms with Crippen molar-refractivity contribution in [3.63, 3.8) is 0 Å². The fourth-order valence-corrected chi connectivity index (χ4v) is 1.03. The van der Waals surface area contributed by atoms with E-state index in [4.69, 9.17) is 9.84 Å². The van der Waals surface area contributed by atoms with E-state index in [0.29, 0.717) is 12.8 Å². The van der Waals surface area contributed by atoms with Gasteiger partial charge in [0.15, 0.2) is 0 Å². The van der Waals surface area contributed by atoms with Crippen molar-refractivity contribution in [1.82, 2.24) is 0 Å². The molecule has 0 aliphatic heterocycles. The molecule has 76 valence electrons. The van der Waals surface area contributed by atoms with Crippen molar-refractivity contribution in [2.24, 2.45) is 5.92 Å². The lowest BCUT2D eigenvalue weighted by Gasteiger charge is -2.16. The number of carboxylic acid groups (broad SMARTS) is 1. The minimum atomic E-state index is -0.856. The van der Waals surface area contributed by atoms with Gasteiger partial charge in [-0.05, 0) is 12.8 Å². The predicted molar refractivity (Wildman–Crippen MR) is 47.3 cm³/mol. The first-order valence-corrected chi connectivity index (χ1v) is 4.37. The number of esters is 1. The van der Waals surface area contributed by atoms with Crippen LogP contribution in [0.2, 0.25) is 0 Å². The third kappa shape index (κ3) is 5.22. The molecule has 0 aromatic heterocycles. The van der Waals surface area contributed by atoms with Crippen molar-refractivity contribution in [2.45, 2.75) is 39.7 Å². The van der Waals surface area contributed by atoms with Gasteiger partial charge in [0.05, 0.1) is 5.92 Å². The molecule has 0 radical (unpaired) electrons. The Morgan fingerprint density at radius 2 is 2.00 bits per heavy atom. The van der Waals surface area contributed by atoms with Crippen molar-refractivity contribution in [3.05, 3.63) is 0 Å². The standard InChI is InChI=1S/C9H16O4/c1-4-8(13-7(3)10)5-6(2)9(11)12/h6,8H,4-5H2,1-3H3,(H,11,12). The van der Waals surface area contributed by atoms with Gasteiger partial charge in [0.2, 0.25) is 0 Å². The molecular formula is C9H16O4. The largest absolute Gasteiger partial charge is 0.481 e. The van der Waals surface area contributed by atoms with Crippen LogP contribution in [0.5, 0.6) is 0 Å². The molecule has 4 heteroatoms. The Hall–Kier alpha value is -1.06. The molecule has 2 atom stereocenters. The van der Waals surface area contributed by atoms with Gasteiger partial charge in [0.1, 0.15) is 6.10 Å². The summed E-state index contributed by atoms with van der Waals surface area (Å²) in [6.45, 7) is 4.80. The SMILES string of the molecule is CCC(CC(C)C(=O)O)OC(C)=O. The first-order valence-electron chi connectivity index (χ1n) is 4.37. The highest BCUT2D eigenvalue weighted by Gasteiger charge is 2.18. The lowest BCUT2D eigenvalue weighted by atomic mass is 10.0. The summed E-state index contributed by atoms with van der Waals surface area (Å²) in [6.07, 6.45) is 0.756. The second-order valence-electron chi connectivity index (χ2n) is 3.11. The maximum absolute atomic E-state index is 10.6. The lowest BCUT2D eigenvalue weighted by Crippen LogP contribution is -2.22. The molecule has 0 aliphatic carbocycles. The minimum Gasteiger partial charge on any atom is -0.481 e. The van der Waals surface area contributed by atoms with E-state index in [1.165, 1.54) is 6.92 Å². The van der Waals surface area contributed by atoms with E-state index in [-0.39, 0.29) is 12.1 Å². The Morgan fingerprint density at radius 3 is 2.31 bits per heavy atom. The van der Waals surface area contributed by atoms with Crippen LogP contribution in [0.25, 0.3) is 0 Å². The number of rotatable bonds is 5. The van der Waals surface area contributed by atoms with Crippen molar-refractivity contribution in [1.29, 1.82) is 0 Å². The molecular weight excluding hydrogens is 172 g/mol. The van der Waals surface area contributed by atoms with Crippen LogP contribution in [-0.4, -0.2) is 23.1 Å². The van der Waals surface area contributed by atoms with Gasteiger partial charge in [-0.15, -0.1) is 0 Å². The number of carbonyl (C=O) groups excluding carboxylic acids is 1. The maximum Gasteiger partial charge on any atom is 0.306 e. The molecule has 0 bridgehead atoms. The lowest BCUT2D eigenvalue weighted by molar-refractivity contribution is -0.151. The van der Waals surface area contributed by atoms with Crippen LogP contribution in [0.1, 0.15) is 33.6 Å². The Morgan fingerprint density at radius 1 is 1.46 bits per heavy atom. The van der Waals surface area contributed by atoms with E-state index in [9.17, 15) is 9.59 Å². The molecule has 0 saturated heterocycles. The fraction of sp³-hybridized carbons (Fsp3) is 0.778. The molecule has 0 aromatic carbocycles. The van der Waals surface area contributed by atoms with Crippen molar-refractivity contribution in [2.75, 3.05) is 0 Å². The number of carboxylic acids is 1. The third-order valence-electron chi connectivity index (χ3n) is 1.83. The second kappa shape index (κ2) is 5.56. The Balaban J connectivity index is 3.97. The zero-order chi connectivity index (χ0) is 10.4. The molecule has 0 aromatic rings. The van der Waals surface area contributed by atoms with Crippen LogP contribution in [0.15, 0.2) is 0 Å². The average Bonchev–Trinajstić information content (AvgIpc) is 2.02. The zero-order valence-corrected chi connectivity index (χ0v) is 8.24. The molecule has 1 N–H and O–H groups in total. The first-order chi connectivity index (χ1) is 5.97. The van der Waals surface area contributed by atoms with Crippen LogP contribution in [0.3, 0.4) is 0 Å². The van der Waals surface area contributed by atoms with Crippen LogP contribution in [0.4, 0.5) is 0 Å². The second-order valence-corrected chi connectivity index (χ2v) is 3.11. The van der Waals surface area contributed by atoms with Gasteiger partial charge in [-0.3, -0.25) is 9.59 Å². The van der Waals surface area contributed by atoms with Crippen LogP contribution < -0.4 is 0 Å². The molecule has 4 nitrogen and oxygen atoms in total. The first kappa shape index (κ1) is 11.9. The summed E-state index contributed by atoms with van der Waals surface area (Å²) >= 11 is 0. The molecule has 13 heavy (non-hydrogen) atoms. The zero-order valence-electron chi connectivity index (χ0n) is 8.24. The summed E-state index contributed by atoms with van der Waals surface area (Å²) in [5.74, 6) is -1.68. The molecule has 0 aliphatic rings. The van der Waals surface area contributed by atoms with Gasteiger partial charge < -0.3 is 9.84 Å². The van der Waals surface area contributed by atoms with E-state index >= 15 is 0 Å². The smallest absolute Gasteiger partial charge is 0.306 e. The Kier molecular flexibility index (Phi) is 5.11. The van der Waals surface area contributed by atoms with Gasteiger partial charge in [-0.1, -0.05) is 13.8 Å². The topological polar surface area (TPSA) is 63.6 Å². The Labute approximate surface area is 77.9 Å². The molecule has 2 unspecified atom stereocenters. The quantitative estimate of drug-likeness (QED) is 0.663. The van der Waals surface area contributed by atoms with E-state index in [2.05, 4.69) is 0 Å². The fourth-order valence-electron chi connectivity index (χ4n) is 1.03. The van der Waals surface area contributed by atoms with Gasteiger partial charge in [0.25, 0.3) is 0 Å². The number of ether oxygens (including phenoxy) is 1. The molecule has 0 heterocycles. The van der Waals surface area contributed by atoms with E-state index < -0.39 is 11.9 Å². The monoisotopic (exact) mass is 188 g/mol. The predicted octanol–water partition coefficient (Wildman–Crippen LogP) is 1.44. The molecule has 0 spiro atoms. The van der Waals surface area contributed by atoms with Gasteiger partial charge in [-0.25, -0.2) is 0 Å². The Bertz CT molecular complexity index is 188. The molecule has 0 fully saturated rings. The van der Waals surface area contributed by atoms with E-state index in [1.807, 2.05) is 6.92 Å². The van der Waals surface area contributed by atoms with E-state index in [0.717, 1.165) is 0 Å². The van der Waals surface area contributed by atoms with Gasteiger partial charge in [-0.2, -0.15) is 0 Å². The van der Waals surface area contributed by atoms with Crippen molar-refractivity contribution in [3.8, 4) is 0 Å². The highest BCUT2D eigenvalue weighted by Crippen LogP contribution is 2.12. The molecule has 0 rings (SSSR count). The maximum atomic E-state index is 10.6. The normalized spacial score (nSPS) is 14.7. The highest BCUT2D eigenvalue weighted by molar-refractivity contribution is 5.69. The van der Waals surface area contributed by atoms with E-state index in [1.54, 1.807) is 6.92 Å². The van der Waals surface area contributed by atoms with Gasteiger partial charge in [0, 0.05) is 6.92 Å². The van der Waals surface area contributed by atoms with Crippen molar-refractivity contribution < 1.29 is 19.4 Å². The minimum absolute atomic E-state index is 0.274.